The first-order chi connectivity index (χ1) is 34.0. The zero-order valence-corrected chi connectivity index (χ0v) is 42.6. The number of benzene rings is 8. The maximum Gasteiger partial charge on any atom is 0.294 e. The van der Waals surface area contributed by atoms with Crippen molar-refractivity contribution >= 4 is 35.9 Å². The van der Waals surface area contributed by atoms with E-state index in [1.165, 1.54) is 12.1 Å². The average Bonchev–Trinajstić information content (AvgIpc) is 3.34. The molecule has 0 aliphatic carbocycles. The van der Waals surface area contributed by atoms with Gasteiger partial charge in [-0.15, -0.1) is 4.13 Å². The Labute approximate surface area is 420 Å². The number of carbonyl (C=O) groups is 1. The van der Waals surface area contributed by atoms with Gasteiger partial charge in [0, 0.05) is 28.0 Å². The average molecular weight is 1020 g/mol. The second kappa shape index (κ2) is 20.0. The van der Waals surface area contributed by atoms with Crippen molar-refractivity contribution in [3.63, 3.8) is 0 Å². The standard InChI is InChI=1S/C57H51NO11S3/c1-38-7-11-40(12-8-38)55(59)41-13-23-46(24-14-41)67-47-25-17-43(18-26-47)57(5,6)44-19-27-48(28-20-44)68-50-31-36-54(71(62,63)58-70(60,61)51-32-34-52(35-33-51)72(64,65)66)53(37-50)69-49-29-21-45(22-30-49)56(3,4)42-15-9-39(2)10-16-42/h7-37,58H,1-6H3,(H,64,65,66). The van der Waals surface area contributed by atoms with E-state index in [1.807, 2.05) is 98.8 Å². The maximum atomic E-state index is 14.0. The van der Waals surface area contributed by atoms with Crippen LogP contribution in [0.2, 0.25) is 0 Å². The van der Waals surface area contributed by atoms with Gasteiger partial charge in [-0.25, -0.2) is 16.8 Å². The molecule has 0 amide bonds. The van der Waals surface area contributed by atoms with Crippen molar-refractivity contribution < 1.29 is 48.8 Å². The number of sulfonamides is 2. The summed E-state index contributed by atoms with van der Waals surface area (Å²) in [6.07, 6.45) is 0. The maximum absolute atomic E-state index is 14.0. The molecule has 0 unspecified atom stereocenters. The fourth-order valence-corrected chi connectivity index (χ4v) is 11.4. The molecule has 8 aromatic carbocycles. The summed E-state index contributed by atoms with van der Waals surface area (Å²) in [5, 5.41) is 0. The molecule has 368 valence electrons. The molecule has 0 heterocycles. The first-order valence-corrected chi connectivity index (χ1v) is 27.0. The van der Waals surface area contributed by atoms with Gasteiger partial charge in [-0.1, -0.05) is 124 Å². The van der Waals surface area contributed by atoms with E-state index in [2.05, 4.69) is 39.8 Å². The number of aryl methyl sites for hydroxylation is 2. The van der Waals surface area contributed by atoms with E-state index in [0.29, 0.717) is 28.4 Å². The molecule has 2 N–H and O–H groups in total. The van der Waals surface area contributed by atoms with Gasteiger partial charge in [-0.3, -0.25) is 9.35 Å². The van der Waals surface area contributed by atoms with Crippen LogP contribution in [0, 0.1) is 13.8 Å². The SMILES string of the molecule is Cc1ccc(C(=O)c2ccc(Oc3ccc(C(C)(C)c4ccc(Oc5ccc(S(=O)(=O)NS(=O)(=O)c6ccc(S(=O)(=O)O)cc6)c(Oc6ccc(C(C)(C)c7ccc(C)cc7)cc6)c5)cc4)cc3)cc2)cc1. The molecule has 0 radical (unpaired) electrons. The Bertz CT molecular complexity index is 3600. The quantitative estimate of drug-likeness (QED) is 0.0655. The normalized spacial score (nSPS) is 12.3. The summed E-state index contributed by atoms with van der Waals surface area (Å²) >= 11 is 0. The lowest BCUT2D eigenvalue weighted by atomic mass is 9.78. The van der Waals surface area contributed by atoms with Crippen molar-refractivity contribution in [1.29, 1.82) is 0 Å². The Morgan fingerprint density at radius 3 is 1.18 bits per heavy atom. The van der Waals surface area contributed by atoms with Gasteiger partial charge in [-0.05, 0) is 133 Å². The first-order valence-electron chi connectivity index (χ1n) is 22.6. The largest absolute Gasteiger partial charge is 0.457 e. The smallest absolute Gasteiger partial charge is 0.294 e. The molecule has 0 aromatic heterocycles. The first kappa shape index (κ1) is 51.0. The summed E-state index contributed by atoms with van der Waals surface area (Å²) in [4.78, 5) is 11.3. The van der Waals surface area contributed by atoms with Crippen molar-refractivity contribution in [1.82, 2.24) is 4.13 Å². The van der Waals surface area contributed by atoms with Crippen LogP contribution in [-0.2, 0) is 41.0 Å². The minimum Gasteiger partial charge on any atom is -0.457 e. The van der Waals surface area contributed by atoms with Gasteiger partial charge < -0.3 is 14.2 Å². The van der Waals surface area contributed by atoms with E-state index in [-0.39, 0.29) is 23.0 Å². The zero-order chi connectivity index (χ0) is 51.6. The van der Waals surface area contributed by atoms with Crippen molar-refractivity contribution in [3.8, 4) is 34.5 Å². The third-order valence-electron chi connectivity index (χ3n) is 12.5. The predicted molar refractivity (Wildman–Crippen MR) is 276 cm³/mol. The molecule has 8 aromatic rings. The van der Waals surface area contributed by atoms with E-state index in [0.717, 1.165) is 63.7 Å². The second-order valence-corrected chi connectivity index (χ2v) is 23.4. The Balaban J connectivity index is 1.00. The number of hydrogen-bond donors (Lipinski definition) is 2. The highest BCUT2D eigenvalue weighted by Gasteiger charge is 2.30. The van der Waals surface area contributed by atoms with E-state index in [9.17, 15) is 34.6 Å². The van der Waals surface area contributed by atoms with Gasteiger partial charge in [0.1, 0.15) is 33.6 Å². The van der Waals surface area contributed by atoms with Crippen LogP contribution in [0.5, 0.6) is 34.5 Å². The molecule has 0 fully saturated rings. The van der Waals surface area contributed by atoms with Gasteiger partial charge in [0.05, 0.1) is 9.79 Å². The molecule has 0 saturated heterocycles. The molecule has 0 bridgehead atoms. The number of hydrogen-bond acceptors (Lipinski definition) is 10. The lowest BCUT2D eigenvalue weighted by Crippen LogP contribution is -2.31. The van der Waals surface area contributed by atoms with E-state index in [4.69, 9.17) is 14.2 Å². The molecular weight excluding hydrogens is 971 g/mol. The van der Waals surface area contributed by atoms with Crippen LogP contribution in [0.25, 0.3) is 0 Å². The minimum atomic E-state index is -4.90. The number of ketones is 1. The molecule has 8 rings (SSSR count). The molecule has 0 aliphatic heterocycles. The lowest BCUT2D eigenvalue weighted by Gasteiger charge is -2.26. The summed E-state index contributed by atoms with van der Waals surface area (Å²) in [5.41, 5.74) is 6.58. The molecule has 0 spiro atoms. The summed E-state index contributed by atoms with van der Waals surface area (Å²) in [6, 6.07) is 52.2. The van der Waals surface area contributed by atoms with Crippen molar-refractivity contribution in [3.05, 3.63) is 233 Å². The Morgan fingerprint density at radius 2 is 0.750 bits per heavy atom. The van der Waals surface area contributed by atoms with Crippen LogP contribution in [0.3, 0.4) is 0 Å². The predicted octanol–water partition coefficient (Wildman–Crippen LogP) is 12.5. The summed E-state index contributed by atoms with van der Waals surface area (Å²) in [5.74, 6) is 1.76. The van der Waals surface area contributed by atoms with E-state index >= 15 is 0 Å². The Morgan fingerprint density at radius 1 is 0.417 bits per heavy atom. The summed E-state index contributed by atoms with van der Waals surface area (Å²) in [6.45, 7) is 12.3. The topological polar surface area (TPSA) is 179 Å². The Hall–Kier alpha value is -7.40. The van der Waals surface area contributed by atoms with Crippen LogP contribution in [0.15, 0.2) is 203 Å². The lowest BCUT2D eigenvalue weighted by molar-refractivity contribution is 0.103. The van der Waals surface area contributed by atoms with E-state index < -0.39 is 55.7 Å². The van der Waals surface area contributed by atoms with Crippen molar-refractivity contribution in [2.24, 2.45) is 0 Å². The fourth-order valence-electron chi connectivity index (χ4n) is 7.95. The molecule has 15 heteroatoms. The van der Waals surface area contributed by atoms with Gasteiger partial charge in [0.2, 0.25) is 0 Å². The van der Waals surface area contributed by atoms with Gasteiger partial charge in [0.15, 0.2) is 11.5 Å². The molecule has 0 atom stereocenters. The molecule has 0 saturated carbocycles. The van der Waals surface area contributed by atoms with Crippen LogP contribution in [-0.4, -0.2) is 35.6 Å². The van der Waals surface area contributed by atoms with E-state index in [1.54, 1.807) is 52.7 Å². The van der Waals surface area contributed by atoms with Crippen LogP contribution < -0.4 is 18.3 Å². The molecule has 0 aliphatic rings. The van der Waals surface area contributed by atoms with Crippen LogP contribution >= 0.6 is 0 Å². The molecule has 12 nitrogen and oxygen atoms in total. The van der Waals surface area contributed by atoms with Crippen LogP contribution in [0.4, 0.5) is 0 Å². The fraction of sp³-hybridized carbons (Fsp3) is 0.140. The van der Waals surface area contributed by atoms with Gasteiger partial charge >= 0.3 is 0 Å². The highest BCUT2D eigenvalue weighted by molar-refractivity contribution is 8.04. The zero-order valence-electron chi connectivity index (χ0n) is 40.2. The third kappa shape index (κ3) is 11.5. The summed E-state index contributed by atoms with van der Waals surface area (Å²) in [7, 11) is -14.4. The Kier molecular flexibility index (Phi) is 14.2. The van der Waals surface area contributed by atoms with Crippen molar-refractivity contribution in [2.75, 3.05) is 0 Å². The highest BCUT2D eigenvalue weighted by Crippen LogP contribution is 2.39. The molecular formula is C57H51NO11S3. The number of rotatable bonds is 17. The van der Waals surface area contributed by atoms with Crippen LogP contribution in [0.1, 0.15) is 77.0 Å². The monoisotopic (exact) mass is 1020 g/mol. The number of nitrogens with one attached hydrogen (secondary N) is 1. The van der Waals surface area contributed by atoms with Crippen molar-refractivity contribution in [2.45, 2.75) is 67.1 Å². The second-order valence-electron chi connectivity index (χ2n) is 18.4. The van der Waals surface area contributed by atoms with Gasteiger partial charge in [-0.2, -0.15) is 8.42 Å². The highest BCUT2D eigenvalue weighted by atomic mass is 32.3. The number of carbonyl (C=O) groups excluding carboxylic acids is 1. The molecule has 72 heavy (non-hydrogen) atoms. The number of ether oxygens (including phenoxy) is 3. The summed E-state index contributed by atoms with van der Waals surface area (Å²) < 4.78 is 107. The third-order valence-corrected chi connectivity index (χ3v) is 16.9. The van der Waals surface area contributed by atoms with Gasteiger partial charge in [0.25, 0.3) is 30.2 Å². The minimum absolute atomic E-state index is 0.0634.